The zero-order chi connectivity index (χ0) is 14.7. The van der Waals surface area contributed by atoms with E-state index in [4.69, 9.17) is 11.6 Å². The van der Waals surface area contributed by atoms with Gasteiger partial charge in [0.15, 0.2) is 0 Å². The normalized spacial score (nSPS) is 11.1. The van der Waals surface area contributed by atoms with Crippen LogP contribution >= 0.6 is 11.6 Å². The number of hydrogen-bond donors (Lipinski definition) is 0. The van der Waals surface area contributed by atoms with Crippen LogP contribution in [0.25, 0.3) is 5.69 Å². The van der Waals surface area contributed by atoms with E-state index in [0.717, 1.165) is 11.4 Å². The second-order valence-corrected chi connectivity index (χ2v) is 4.95. The maximum atomic E-state index is 13.1. The van der Waals surface area contributed by atoms with Gasteiger partial charge in [-0.2, -0.15) is 0 Å². The summed E-state index contributed by atoms with van der Waals surface area (Å²) in [5.41, 5.74) is 2.48. The lowest BCUT2D eigenvalue weighted by Gasteiger charge is -2.06. The van der Waals surface area contributed by atoms with Crippen LogP contribution in [-0.2, 0) is 0 Å². The van der Waals surface area contributed by atoms with E-state index in [1.807, 2.05) is 47.2 Å². The molecule has 104 valence electrons. The first-order valence-corrected chi connectivity index (χ1v) is 6.83. The van der Waals surface area contributed by atoms with Crippen molar-refractivity contribution in [3.63, 3.8) is 0 Å². The number of benzene rings is 2. The zero-order valence-corrected chi connectivity index (χ0v) is 11.8. The molecule has 1 heterocycles. The molecule has 21 heavy (non-hydrogen) atoms. The molecule has 0 aliphatic heterocycles. The Labute approximate surface area is 127 Å². The van der Waals surface area contributed by atoms with Gasteiger partial charge in [-0.05, 0) is 54.6 Å². The van der Waals surface area contributed by atoms with Crippen molar-refractivity contribution in [2.75, 3.05) is 0 Å². The summed E-state index contributed by atoms with van der Waals surface area (Å²) in [4.78, 5) is 4.30. The third-order valence-electron chi connectivity index (χ3n) is 3.04. The molecule has 0 amide bonds. The van der Waals surface area contributed by atoms with Gasteiger partial charge in [0.2, 0.25) is 0 Å². The lowest BCUT2D eigenvalue weighted by atomic mass is 10.3. The van der Waals surface area contributed by atoms with Crippen LogP contribution in [-0.4, -0.2) is 10.8 Å². The summed E-state index contributed by atoms with van der Waals surface area (Å²) < 4.78 is 15.1. The highest BCUT2D eigenvalue weighted by Crippen LogP contribution is 2.17. The van der Waals surface area contributed by atoms with Crippen molar-refractivity contribution >= 4 is 23.5 Å². The molecule has 0 saturated heterocycles. The first kappa shape index (κ1) is 13.6. The van der Waals surface area contributed by atoms with Crippen molar-refractivity contribution in [2.45, 2.75) is 0 Å². The lowest BCUT2D eigenvalue weighted by Crippen LogP contribution is -1.97. The lowest BCUT2D eigenvalue weighted by molar-refractivity contribution is 0.628. The molecule has 0 aliphatic carbocycles. The minimum Gasteiger partial charge on any atom is -0.316 e. The number of aromatic nitrogens is 1. The molecule has 0 aliphatic rings. The smallest absolute Gasteiger partial charge is 0.125 e. The fourth-order valence-corrected chi connectivity index (χ4v) is 2.16. The minimum atomic E-state index is -0.294. The number of nitrogens with zero attached hydrogens (tertiary/aromatic N) is 2. The highest BCUT2D eigenvalue weighted by molar-refractivity contribution is 6.30. The van der Waals surface area contributed by atoms with E-state index >= 15 is 0 Å². The van der Waals surface area contributed by atoms with Crippen LogP contribution in [0.5, 0.6) is 0 Å². The van der Waals surface area contributed by atoms with Gasteiger partial charge in [0.25, 0.3) is 0 Å². The monoisotopic (exact) mass is 298 g/mol. The van der Waals surface area contributed by atoms with E-state index < -0.39 is 0 Å². The number of halogens is 2. The first-order valence-electron chi connectivity index (χ1n) is 6.45. The third-order valence-corrected chi connectivity index (χ3v) is 3.29. The standard InChI is InChI=1S/C17H12ClFN2/c18-13-6-8-16(9-7-13)21-10-2-5-17(21)12-20-15-4-1-3-14(19)11-15/h1-12H. The van der Waals surface area contributed by atoms with Gasteiger partial charge in [-0.1, -0.05) is 17.7 Å². The largest absolute Gasteiger partial charge is 0.316 e. The maximum Gasteiger partial charge on any atom is 0.125 e. The maximum absolute atomic E-state index is 13.1. The molecule has 3 rings (SSSR count). The molecule has 0 fully saturated rings. The van der Waals surface area contributed by atoms with Gasteiger partial charge in [0, 0.05) is 16.9 Å². The Hall–Kier alpha value is -2.39. The number of rotatable bonds is 3. The summed E-state index contributed by atoms with van der Waals surface area (Å²) >= 11 is 5.90. The van der Waals surface area contributed by atoms with Crippen molar-refractivity contribution < 1.29 is 4.39 Å². The van der Waals surface area contributed by atoms with Crippen molar-refractivity contribution in [3.05, 3.63) is 83.4 Å². The molecule has 0 atom stereocenters. The first-order chi connectivity index (χ1) is 10.2. The van der Waals surface area contributed by atoms with Crippen LogP contribution < -0.4 is 0 Å². The van der Waals surface area contributed by atoms with Crippen molar-refractivity contribution in [1.29, 1.82) is 0 Å². The fourth-order valence-electron chi connectivity index (χ4n) is 2.03. The molecule has 0 radical (unpaired) electrons. The Balaban J connectivity index is 1.91. The summed E-state index contributed by atoms with van der Waals surface area (Å²) in [5, 5.41) is 0.695. The quantitative estimate of drug-likeness (QED) is 0.604. The second-order valence-electron chi connectivity index (χ2n) is 4.52. The predicted molar refractivity (Wildman–Crippen MR) is 84.4 cm³/mol. The second kappa shape index (κ2) is 5.94. The Kier molecular flexibility index (Phi) is 3.84. The van der Waals surface area contributed by atoms with Gasteiger partial charge < -0.3 is 4.57 Å². The van der Waals surface area contributed by atoms with Crippen LogP contribution in [0.4, 0.5) is 10.1 Å². The van der Waals surface area contributed by atoms with Gasteiger partial charge in [0.05, 0.1) is 17.6 Å². The van der Waals surface area contributed by atoms with Gasteiger partial charge >= 0.3 is 0 Å². The predicted octanol–water partition coefficient (Wildman–Crippen LogP) is 5.02. The number of aliphatic imine (C=N–C) groups is 1. The van der Waals surface area contributed by atoms with E-state index in [9.17, 15) is 4.39 Å². The Morgan fingerprint density at radius 3 is 2.57 bits per heavy atom. The summed E-state index contributed by atoms with van der Waals surface area (Å²) in [6, 6.07) is 17.6. The highest BCUT2D eigenvalue weighted by atomic mass is 35.5. The molecule has 0 unspecified atom stereocenters. The molecule has 2 aromatic carbocycles. The summed E-state index contributed by atoms with van der Waals surface area (Å²) in [7, 11) is 0. The Morgan fingerprint density at radius 2 is 1.81 bits per heavy atom. The topological polar surface area (TPSA) is 17.3 Å². The third kappa shape index (κ3) is 3.20. The molecule has 4 heteroatoms. The van der Waals surface area contributed by atoms with Crippen LogP contribution in [0, 0.1) is 5.82 Å². The Morgan fingerprint density at radius 1 is 1.00 bits per heavy atom. The van der Waals surface area contributed by atoms with E-state index in [0.29, 0.717) is 10.7 Å². The Bertz CT molecular complexity index is 775. The molecule has 3 aromatic rings. The van der Waals surface area contributed by atoms with Crippen molar-refractivity contribution in [2.24, 2.45) is 4.99 Å². The molecule has 0 bridgehead atoms. The van der Waals surface area contributed by atoms with Crippen LogP contribution in [0.15, 0.2) is 71.9 Å². The molecule has 2 nitrogen and oxygen atoms in total. The van der Waals surface area contributed by atoms with E-state index in [1.54, 1.807) is 18.3 Å². The van der Waals surface area contributed by atoms with Crippen LogP contribution in [0.2, 0.25) is 5.02 Å². The molecule has 1 aromatic heterocycles. The molecular formula is C17H12ClFN2. The van der Waals surface area contributed by atoms with E-state index in [2.05, 4.69) is 4.99 Å². The highest BCUT2D eigenvalue weighted by Gasteiger charge is 2.01. The summed E-state index contributed by atoms with van der Waals surface area (Å²) in [6.45, 7) is 0. The van der Waals surface area contributed by atoms with Crippen LogP contribution in [0.3, 0.4) is 0 Å². The van der Waals surface area contributed by atoms with Crippen molar-refractivity contribution in [1.82, 2.24) is 4.57 Å². The van der Waals surface area contributed by atoms with Crippen molar-refractivity contribution in [3.8, 4) is 5.69 Å². The number of hydrogen-bond acceptors (Lipinski definition) is 1. The zero-order valence-electron chi connectivity index (χ0n) is 11.1. The molecule has 0 spiro atoms. The van der Waals surface area contributed by atoms with Gasteiger partial charge in [-0.25, -0.2) is 4.39 Å². The molecule has 0 saturated carbocycles. The fraction of sp³-hybridized carbons (Fsp3) is 0. The van der Waals surface area contributed by atoms with E-state index in [1.165, 1.54) is 12.1 Å². The van der Waals surface area contributed by atoms with Gasteiger partial charge in [0.1, 0.15) is 5.82 Å². The minimum absolute atomic E-state index is 0.294. The van der Waals surface area contributed by atoms with E-state index in [-0.39, 0.29) is 5.82 Å². The van der Waals surface area contributed by atoms with Gasteiger partial charge in [-0.15, -0.1) is 0 Å². The summed E-state index contributed by atoms with van der Waals surface area (Å²) in [5.74, 6) is -0.294. The molecular weight excluding hydrogens is 287 g/mol. The van der Waals surface area contributed by atoms with Crippen LogP contribution in [0.1, 0.15) is 5.69 Å². The average Bonchev–Trinajstić information content (AvgIpc) is 2.94. The molecule has 0 N–H and O–H groups in total. The average molecular weight is 299 g/mol. The SMILES string of the molecule is Fc1cccc(N=Cc2cccn2-c2ccc(Cl)cc2)c1. The summed E-state index contributed by atoms with van der Waals surface area (Å²) in [6.07, 6.45) is 3.65. The van der Waals surface area contributed by atoms with Gasteiger partial charge in [-0.3, -0.25) is 4.99 Å².